The SMILES string of the molecule is C=C(C)C(=O)O[Si]CCCCCCCCCCCCCCCC. The first-order chi connectivity index (χ1) is 11.2. The van der Waals surface area contributed by atoms with Gasteiger partial charge in [0.2, 0.25) is 0 Å². The largest absolute Gasteiger partial charge is 0.513 e. The van der Waals surface area contributed by atoms with E-state index in [1.54, 1.807) is 6.92 Å². The molecule has 23 heavy (non-hydrogen) atoms. The fraction of sp³-hybridized carbons (Fsp3) is 0.850. The van der Waals surface area contributed by atoms with Crippen LogP contribution in [0.1, 0.15) is 104 Å². The second-order valence-corrected chi connectivity index (χ2v) is 7.65. The van der Waals surface area contributed by atoms with E-state index in [0.717, 1.165) is 6.04 Å². The van der Waals surface area contributed by atoms with Gasteiger partial charge in [-0.05, 0) is 13.0 Å². The van der Waals surface area contributed by atoms with E-state index in [4.69, 9.17) is 4.43 Å². The highest BCUT2D eigenvalue weighted by molar-refractivity contribution is 6.31. The highest BCUT2D eigenvalue weighted by atomic mass is 28.2. The minimum absolute atomic E-state index is 0.242. The molecule has 0 heterocycles. The predicted molar refractivity (Wildman–Crippen MR) is 102 cm³/mol. The highest BCUT2D eigenvalue weighted by Gasteiger charge is 2.03. The molecule has 0 aliphatic rings. The number of unbranched alkanes of at least 4 members (excludes halogenated alkanes) is 13. The van der Waals surface area contributed by atoms with Crippen LogP contribution >= 0.6 is 0 Å². The lowest BCUT2D eigenvalue weighted by Gasteiger charge is -2.04. The lowest BCUT2D eigenvalue weighted by molar-refractivity contribution is -0.130. The van der Waals surface area contributed by atoms with Crippen LogP contribution < -0.4 is 0 Å². The van der Waals surface area contributed by atoms with Gasteiger partial charge in [0.1, 0.15) is 0 Å². The van der Waals surface area contributed by atoms with Crippen molar-refractivity contribution >= 4 is 15.7 Å². The summed E-state index contributed by atoms with van der Waals surface area (Å²) < 4.78 is 5.11. The van der Waals surface area contributed by atoms with Crippen LogP contribution in [0.25, 0.3) is 0 Å². The third kappa shape index (κ3) is 17.6. The van der Waals surface area contributed by atoms with E-state index >= 15 is 0 Å². The van der Waals surface area contributed by atoms with Crippen LogP contribution in [0.15, 0.2) is 12.2 Å². The first kappa shape index (κ1) is 22.4. The minimum atomic E-state index is -0.242. The van der Waals surface area contributed by atoms with Gasteiger partial charge in [0.15, 0.2) is 0 Å². The second-order valence-electron chi connectivity index (χ2n) is 6.66. The Morgan fingerprint density at radius 2 is 1.17 bits per heavy atom. The van der Waals surface area contributed by atoms with Gasteiger partial charge in [0, 0.05) is 5.57 Å². The number of rotatable bonds is 17. The van der Waals surface area contributed by atoms with Crippen LogP contribution in [0.3, 0.4) is 0 Å². The summed E-state index contributed by atoms with van der Waals surface area (Å²) in [7, 11) is 0.306. The van der Waals surface area contributed by atoms with Crippen molar-refractivity contribution in [3.05, 3.63) is 12.2 Å². The maximum absolute atomic E-state index is 11.2. The molecule has 0 aromatic heterocycles. The van der Waals surface area contributed by atoms with Crippen LogP contribution in [0.5, 0.6) is 0 Å². The molecule has 134 valence electrons. The van der Waals surface area contributed by atoms with E-state index in [1.165, 1.54) is 89.9 Å². The fourth-order valence-electron chi connectivity index (χ4n) is 2.60. The normalized spacial score (nSPS) is 10.7. The summed E-state index contributed by atoms with van der Waals surface area (Å²) in [6.45, 7) is 7.55. The molecular formula is C20H38O2Si. The number of hydrogen-bond donors (Lipinski definition) is 0. The molecule has 0 saturated carbocycles. The Morgan fingerprint density at radius 1 is 0.783 bits per heavy atom. The van der Waals surface area contributed by atoms with Crippen molar-refractivity contribution in [3.8, 4) is 0 Å². The Kier molecular flexibility index (Phi) is 17.3. The van der Waals surface area contributed by atoms with Gasteiger partial charge in [-0.15, -0.1) is 0 Å². The molecule has 2 radical (unpaired) electrons. The molecule has 0 unspecified atom stereocenters. The summed E-state index contributed by atoms with van der Waals surface area (Å²) in [6, 6.07) is 1.01. The van der Waals surface area contributed by atoms with Crippen LogP contribution in [0.2, 0.25) is 6.04 Å². The number of carbonyl (C=O) groups excluding carboxylic acids is 1. The van der Waals surface area contributed by atoms with Crippen LogP contribution in [-0.2, 0) is 9.22 Å². The van der Waals surface area contributed by atoms with E-state index in [2.05, 4.69) is 13.5 Å². The Labute approximate surface area is 147 Å². The molecule has 0 fully saturated rings. The zero-order chi connectivity index (χ0) is 17.2. The van der Waals surface area contributed by atoms with Crippen molar-refractivity contribution < 1.29 is 9.22 Å². The monoisotopic (exact) mass is 338 g/mol. The molecule has 0 aromatic rings. The standard InChI is InChI=1S/C20H38O2Si/c1-4-5-6-7-8-9-10-11-12-13-14-15-16-17-18-23-22-20(21)19(2)3/h2,4-18H2,1,3H3. The smallest absolute Gasteiger partial charge is 0.319 e. The molecule has 0 bridgehead atoms. The summed E-state index contributed by atoms with van der Waals surface area (Å²) in [5, 5.41) is 0. The first-order valence-corrected chi connectivity index (χ1v) is 10.9. The Hall–Kier alpha value is -0.573. The molecule has 0 rings (SSSR count). The average Bonchev–Trinajstić information content (AvgIpc) is 2.54. The van der Waals surface area contributed by atoms with E-state index in [9.17, 15) is 4.79 Å². The topological polar surface area (TPSA) is 26.3 Å². The molecular weight excluding hydrogens is 300 g/mol. The third-order valence-electron chi connectivity index (χ3n) is 4.15. The van der Waals surface area contributed by atoms with Gasteiger partial charge < -0.3 is 4.43 Å². The van der Waals surface area contributed by atoms with Crippen LogP contribution in [-0.4, -0.2) is 15.7 Å². The maximum Gasteiger partial charge on any atom is 0.319 e. The van der Waals surface area contributed by atoms with Gasteiger partial charge in [0.05, 0.1) is 0 Å². The van der Waals surface area contributed by atoms with E-state index < -0.39 is 0 Å². The minimum Gasteiger partial charge on any atom is -0.513 e. The maximum atomic E-state index is 11.2. The van der Waals surface area contributed by atoms with Crippen LogP contribution in [0, 0.1) is 0 Å². The van der Waals surface area contributed by atoms with Crippen molar-refractivity contribution in [2.45, 2.75) is 110 Å². The van der Waals surface area contributed by atoms with Crippen molar-refractivity contribution in [2.24, 2.45) is 0 Å². The molecule has 0 atom stereocenters. The Morgan fingerprint density at radius 3 is 1.57 bits per heavy atom. The zero-order valence-electron chi connectivity index (χ0n) is 15.6. The summed E-state index contributed by atoms with van der Waals surface area (Å²) in [6.07, 6.45) is 19.3. The first-order valence-electron chi connectivity index (χ1n) is 9.78. The summed E-state index contributed by atoms with van der Waals surface area (Å²) in [5.41, 5.74) is 0.499. The average molecular weight is 339 g/mol. The third-order valence-corrected chi connectivity index (χ3v) is 5.03. The molecule has 0 saturated heterocycles. The molecule has 0 amide bonds. The van der Waals surface area contributed by atoms with E-state index in [-0.39, 0.29) is 5.97 Å². The van der Waals surface area contributed by atoms with Gasteiger partial charge in [-0.2, -0.15) is 0 Å². The lowest BCUT2D eigenvalue weighted by atomic mass is 10.0. The quantitative estimate of drug-likeness (QED) is 0.169. The highest BCUT2D eigenvalue weighted by Crippen LogP contribution is 2.13. The molecule has 0 aromatic carbocycles. The second kappa shape index (κ2) is 17.8. The fourth-order valence-corrected chi connectivity index (χ4v) is 3.40. The lowest BCUT2D eigenvalue weighted by Crippen LogP contribution is -2.08. The Bertz CT molecular complexity index is 289. The summed E-state index contributed by atoms with van der Waals surface area (Å²) in [5.74, 6) is -0.242. The molecule has 0 aliphatic heterocycles. The molecule has 0 spiro atoms. The summed E-state index contributed by atoms with van der Waals surface area (Å²) >= 11 is 0. The van der Waals surface area contributed by atoms with Crippen molar-refractivity contribution in [2.75, 3.05) is 0 Å². The van der Waals surface area contributed by atoms with Gasteiger partial charge >= 0.3 is 15.7 Å². The number of carbonyl (C=O) groups is 1. The van der Waals surface area contributed by atoms with Crippen LogP contribution in [0.4, 0.5) is 0 Å². The van der Waals surface area contributed by atoms with E-state index in [0.29, 0.717) is 15.3 Å². The molecule has 0 N–H and O–H groups in total. The number of hydrogen-bond acceptors (Lipinski definition) is 2. The molecule has 0 aliphatic carbocycles. The summed E-state index contributed by atoms with van der Waals surface area (Å²) in [4.78, 5) is 11.2. The zero-order valence-corrected chi connectivity index (χ0v) is 16.6. The van der Waals surface area contributed by atoms with Gasteiger partial charge in [0.25, 0.3) is 0 Å². The van der Waals surface area contributed by atoms with Gasteiger partial charge in [-0.25, -0.2) is 4.79 Å². The van der Waals surface area contributed by atoms with E-state index in [1.807, 2.05) is 0 Å². The predicted octanol–water partition coefficient (Wildman–Crippen LogP) is 6.62. The molecule has 3 heteroatoms. The van der Waals surface area contributed by atoms with Crippen molar-refractivity contribution in [1.29, 1.82) is 0 Å². The molecule has 2 nitrogen and oxygen atoms in total. The van der Waals surface area contributed by atoms with Crippen molar-refractivity contribution in [1.82, 2.24) is 0 Å². The van der Waals surface area contributed by atoms with Gasteiger partial charge in [-0.1, -0.05) is 103 Å². The Balaban J connectivity index is 3.05. The van der Waals surface area contributed by atoms with Crippen molar-refractivity contribution in [3.63, 3.8) is 0 Å². The van der Waals surface area contributed by atoms with Gasteiger partial charge in [-0.3, -0.25) is 0 Å².